The minimum atomic E-state index is -3.47. The first-order chi connectivity index (χ1) is 14.0. The number of Topliss-reactive ketones (excluding diaryl/α,β-unsaturated/α-hetero) is 1. The number of ketones is 1. The fourth-order valence-corrected chi connectivity index (χ4v) is 2.84. The van der Waals surface area contributed by atoms with Gasteiger partial charge in [0.2, 0.25) is 12.6 Å². The lowest BCUT2D eigenvalue weighted by atomic mass is 9.64. The number of hydrogen-bond donors (Lipinski definition) is 1. The summed E-state index contributed by atoms with van der Waals surface area (Å²) >= 11 is 0. The molecule has 1 aromatic carbocycles. The molecule has 1 heterocycles. The molecular formula is C19H23BF2O8. The highest BCUT2D eigenvalue weighted by molar-refractivity contribution is 6.47. The Kier molecular flexibility index (Phi) is 7.77. The number of fused-ring (bicyclic) bond motifs is 1. The van der Waals surface area contributed by atoms with Gasteiger partial charge in [-0.2, -0.15) is 8.78 Å². The summed E-state index contributed by atoms with van der Waals surface area (Å²) in [5.41, 5.74) is 0.406. The maximum absolute atomic E-state index is 13.6. The van der Waals surface area contributed by atoms with E-state index in [2.05, 4.69) is 4.74 Å². The predicted octanol–water partition coefficient (Wildman–Crippen LogP) is 3.15. The summed E-state index contributed by atoms with van der Waals surface area (Å²) in [6.45, 7) is 3.75. The lowest BCUT2D eigenvalue weighted by Crippen LogP contribution is -2.38. The lowest BCUT2D eigenvalue weighted by Gasteiger charge is -2.29. The van der Waals surface area contributed by atoms with Crippen LogP contribution in [0, 0.1) is 0 Å². The smallest absolute Gasteiger partial charge is 0.526 e. The van der Waals surface area contributed by atoms with E-state index in [9.17, 15) is 28.2 Å². The Balaban J connectivity index is 2.04. The maximum Gasteiger partial charge on any atom is 0.526 e. The van der Waals surface area contributed by atoms with Crippen LogP contribution in [0.5, 0.6) is 5.75 Å². The van der Waals surface area contributed by atoms with E-state index in [1.54, 1.807) is 19.9 Å². The Hall–Kier alpha value is -2.69. The van der Waals surface area contributed by atoms with Crippen LogP contribution in [0.2, 0.25) is 5.82 Å². The molecule has 0 aromatic heterocycles. The molecule has 0 bridgehead atoms. The summed E-state index contributed by atoms with van der Waals surface area (Å²) in [6, 6.07) is 4.48. The van der Waals surface area contributed by atoms with Crippen molar-refractivity contribution in [3.05, 3.63) is 29.3 Å². The Morgan fingerprint density at radius 1 is 1.30 bits per heavy atom. The van der Waals surface area contributed by atoms with Crippen LogP contribution in [0.4, 0.5) is 13.6 Å². The summed E-state index contributed by atoms with van der Waals surface area (Å²) < 4.78 is 46.7. The lowest BCUT2D eigenvalue weighted by molar-refractivity contribution is -0.143. The van der Waals surface area contributed by atoms with Gasteiger partial charge in [0.1, 0.15) is 11.3 Å². The van der Waals surface area contributed by atoms with Crippen LogP contribution in [0.25, 0.3) is 0 Å². The number of rotatable bonds is 8. The van der Waals surface area contributed by atoms with Crippen molar-refractivity contribution < 1.29 is 47.1 Å². The largest absolute Gasteiger partial charge is 0.535 e. The summed E-state index contributed by atoms with van der Waals surface area (Å²) in [7, 11) is -1.56. The molecule has 0 saturated carbocycles. The molecule has 1 N–H and O–H groups in total. The van der Waals surface area contributed by atoms with Gasteiger partial charge in [-0.05, 0) is 31.9 Å². The third-order valence-corrected chi connectivity index (χ3v) is 4.44. The second kappa shape index (κ2) is 9.88. The predicted molar refractivity (Wildman–Crippen MR) is 100 cm³/mol. The minimum Gasteiger partial charge on any atom is -0.535 e. The number of ether oxygens (including phenoxy) is 3. The van der Waals surface area contributed by atoms with Crippen LogP contribution >= 0.6 is 0 Å². The van der Waals surface area contributed by atoms with Gasteiger partial charge >= 0.3 is 25.2 Å². The number of benzene rings is 1. The fourth-order valence-electron chi connectivity index (χ4n) is 2.84. The number of alkyl halides is 2. The first-order valence-electron chi connectivity index (χ1n) is 9.43. The summed E-state index contributed by atoms with van der Waals surface area (Å²) in [5, 5.41) is 10.2. The highest BCUT2D eigenvalue weighted by atomic mass is 19.3. The van der Waals surface area contributed by atoms with E-state index < -0.39 is 62.5 Å². The van der Waals surface area contributed by atoms with Crippen molar-refractivity contribution in [2.75, 3.05) is 6.79 Å². The zero-order valence-electron chi connectivity index (χ0n) is 16.9. The molecule has 30 heavy (non-hydrogen) atoms. The van der Waals surface area contributed by atoms with E-state index in [0.29, 0.717) is 5.56 Å². The molecule has 164 valence electrons. The number of hydrogen-bond acceptors (Lipinski definition) is 8. The zero-order valence-corrected chi connectivity index (χ0v) is 16.9. The quantitative estimate of drug-likeness (QED) is 0.382. The first kappa shape index (κ1) is 23.6. The van der Waals surface area contributed by atoms with Gasteiger partial charge in [0.05, 0.1) is 6.10 Å². The van der Waals surface area contributed by atoms with Gasteiger partial charge in [0.15, 0.2) is 0 Å². The number of halogens is 2. The Morgan fingerprint density at radius 3 is 2.63 bits per heavy atom. The fraction of sp³-hybridized carbons (Fsp3) is 0.526. The zero-order chi connectivity index (χ0) is 22.5. The van der Waals surface area contributed by atoms with E-state index >= 15 is 0 Å². The monoisotopic (exact) mass is 428 g/mol. The van der Waals surface area contributed by atoms with E-state index in [-0.39, 0.29) is 17.7 Å². The molecule has 11 heteroatoms. The topological polar surface area (TPSA) is 108 Å². The summed E-state index contributed by atoms with van der Waals surface area (Å²) in [5.74, 6) is -6.50. The van der Waals surface area contributed by atoms with Crippen LogP contribution in [-0.4, -0.2) is 48.9 Å². The second-order valence-corrected chi connectivity index (χ2v) is 7.06. The number of esters is 1. The van der Waals surface area contributed by atoms with Gasteiger partial charge in [0.25, 0.3) is 0 Å². The van der Waals surface area contributed by atoms with Crippen molar-refractivity contribution in [3.63, 3.8) is 0 Å². The van der Waals surface area contributed by atoms with Crippen LogP contribution in [0.3, 0.4) is 0 Å². The van der Waals surface area contributed by atoms with E-state index in [1.807, 2.05) is 0 Å². The SMILES string of the molecule is CCC(F)(F)C(=O)C[C@H]1Cc2cccc(C(=O)OCOC(=O)OC(C)C)c2OB1O. The molecule has 2 rings (SSSR count). The van der Waals surface area contributed by atoms with Crippen LogP contribution in [0.15, 0.2) is 18.2 Å². The third-order valence-electron chi connectivity index (χ3n) is 4.44. The number of para-hydroxylation sites is 1. The Bertz CT molecular complexity index is 799. The van der Waals surface area contributed by atoms with Crippen molar-refractivity contribution in [3.8, 4) is 5.75 Å². The van der Waals surface area contributed by atoms with Crippen molar-refractivity contribution >= 4 is 25.0 Å². The van der Waals surface area contributed by atoms with Gasteiger partial charge in [0, 0.05) is 18.7 Å². The first-order valence-corrected chi connectivity index (χ1v) is 9.43. The molecule has 1 aliphatic rings. The van der Waals surface area contributed by atoms with Gasteiger partial charge < -0.3 is 23.9 Å². The minimum absolute atomic E-state index is 0.0192. The normalized spacial score (nSPS) is 15.8. The van der Waals surface area contributed by atoms with E-state index in [1.165, 1.54) is 19.1 Å². The maximum atomic E-state index is 13.6. The van der Waals surface area contributed by atoms with Crippen LogP contribution < -0.4 is 4.65 Å². The molecule has 0 aliphatic carbocycles. The molecule has 0 saturated heterocycles. The van der Waals surface area contributed by atoms with Gasteiger partial charge in [-0.3, -0.25) is 4.79 Å². The summed E-state index contributed by atoms with van der Waals surface area (Å²) in [4.78, 5) is 35.4. The Morgan fingerprint density at radius 2 is 2.00 bits per heavy atom. The molecule has 0 fully saturated rings. The second-order valence-electron chi connectivity index (χ2n) is 7.06. The van der Waals surface area contributed by atoms with Crippen molar-refractivity contribution in [1.82, 2.24) is 0 Å². The average Bonchev–Trinajstić information content (AvgIpc) is 2.67. The molecule has 0 amide bonds. The summed E-state index contributed by atoms with van der Waals surface area (Å²) in [6.07, 6.45) is -2.55. The van der Waals surface area contributed by atoms with Crippen LogP contribution in [0.1, 0.15) is 49.5 Å². The van der Waals surface area contributed by atoms with Gasteiger partial charge in [-0.15, -0.1) is 0 Å². The third kappa shape index (κ3) is 5.91. The molecule has 1 aromatic rings. The average molecular weight is 428 g/mol. The van der Waals surface area contributed by atoms with Crippen molar-refractivity contribution in [2.45, 2.75) is 57.9 Å². The van der Waals surface area contributed by atoms with E-state index in [0.717, 1.165) is 0 Å². The molecule has 0 spiro atoms. The number of carbonyl (C=O) groups excluding carboxylic acids is 3. The van der Waals surface area contributed by atoms with Crippen molar-refractivity contribution in [2.24, 2.45) is 0 Å². The molecular weight excluding hydrogens is 405 g/mol. The van der Waals surface area contributed by atoms with Gasteiger partial charge in [-0.25, -0.2) is 9.59 Å². The number of carbonyl (C=O) groups is 3. The Labute approximate surface area is 172 Å². The van der Waals surface area contributed by atoms with E-state index in [4.69, 9.17) is 14.1 Å². The van der Waals surface area contributed by atoms with Crippen molar-refractivity contribution in [1.29, 1.82) is 0 Å². The highest BCUT2D eigenvalue weighted by Crippen LogP contribution is 2.38. The van der Waals surface area contributed by atoms with Gasteiger partial charge in [-0.1, -0.05) is 19.1 Å². The highest BCUT2D eigenvalue weighted by Gasteiger charge is 2.43. The van der Waals surface area contributed by atoms with Crippen LogP contribution in [-0.2, 0) is 25.4 Å². The standard InChI is InChI=1S/C19H23BF2O8/c1-4-19(21,22)15(23)9-13-8-12-6-5-7-14(16(12)30-20(13)26)17(24)27-10-28-18(25)29-11(2)3/h5-7,11,13,26H,4,8-10H2,1-3H3/t13-/m1/s1. The molecule has 1 atom stereocenters. The molecule has 0 radical (unpaired) electrons. The molecule has 0 unspecified atom stereocenters. The molecule has 8 nitrogen and oxygen atoms in total. The molecule has 1 aliphatic heterocycles.